The number of rotatable bonds is 5. The minimum absolute atomic E-state index is 0.0462. The molecule has 0 atom stereocenters. The maximum Gasteiger partial charge on any atom is 0.263 e. The fourth-order valence-electron chi connectivity index (χ4n) is 3.19. The fraction of sp³-hybridized carbons (Fsp3) is 0.316. The van der Waals surface area contributed by atoms with Crippen molar-refractivity contribution in [3.63, 3.8) is 0 Å². The Bertz CT molecular complexity index is 1030. The second kappa shape index (κ2) is 8.87. The van der Waals surface area contributed by atoms with Crippen LogP contribution in [0.4, 0.5) is 10.1 Å². The van der Waals surface area contributed by atoms with Gasteiger partial charge in [0.1, 0.15) is 10.7 Å². The van der Waals surface area contributed by atoms with Crippen molar-refractivity contribution in [3.8, 4) is 0 Å². The van der Waals surface area contributed by atoms with Crippen LogP contribution in [0.15, 0.2) is 41.3 Å². The number of sulfonamides is 1. The number of likely N-dealkylation sites (N-methyl/N-ethyl adjacent to an activating group) is 1. The maximum absolute atomic E-state index is 13.9. The summed E-state index contributed by atoms with van der Waals surface area (Å²) in [6, 6.07) is 7.73. The Hall–Kier alpha value is -1.87. The van der Waals surface area contributed by atoms with Crippen LogP contribution in [-0.2, 0) is 10.0 Å². The zero-order chi connectivity index (χ0) is 21.2. The molecule has 1 aliphatic rings. The van der Waals surface area contributed by atoms with E-state index in [2.05, 4.69) is 11.6 Å². The molecule has 1 aliphatic heterocycles. The number of amides is 1. The second-order valence-electron chi connectivity index (χ2n) is 6.74. The van der Waals surface area contributed by atoms with Crippen LogP contribution < -0.4 is 9.62 Å². The van der Waals surface area contributed by atoms with Crippen LogP contribution in [0.5, 0.6) is 0 Å². The molecule has 29 heavy (non-hydrogen) atoms. The standard InChI is InChI=1S/C19H20Cl2FN3O3S/c1-2-24-7-9-25(10-8-24)19(26)13-11-18(15(21)12-14(13)20)29(27,28)23-17-6-4-3-5-16(17)22/h3-6,11-12,23H,2,7-10H2,1H3/p+1. The molecule has 2 aromatic carbocycles. The summed E-state index contributed by atoms with van der Waals surface area (Å²) in [6.07, 6.45) is 0. The van der Waals surface area contributed by atoms with Crippen molar-refractivity contribution in [1.29, 1.82) is 0 Å². The minimum atomic E-state index is -4.24. The number of piperazine rings is 1. The van der Waals surface area contributed by atoms with Crippen LogP contribution in [0.2, 0.25) is 10.0 Å². The lowest BCUT2D eigenvalue weighted by Crippen LogP contribution is -3.14. The Morgan fingerprint density at radius 1 is 1.17 bits per heavy atom. The van der Waals surface area contributed by atoms with E-state index in [1.807, 2.05) is 0 Å². The van der Waals surface area contributed by atoms with Crippen LogP contribution >= 0.6 is 23.2 Å². The van der Waals surface area contributed by atoms with Gasteiger partial charge in [-0.25, -0.2) is 12.8 Å². The second-order valence-corrected chi connectivity index (χ2v) is 9.21. The van der Waals surface area contributed by atoms with Crippen molar-refractivity contribution in [1.82, 2.24) is 4.90 Å². The van der Waals surface area contributed by atoms with E-state index < -0.39 is 15.8 Å². The summed E-state index contributed by atoms with van der Waals surface area (Å²) in [6.45, 7) is 5.80. The highest BCUT2D eigenvalue weighted by molar-refractivity contribution is 7.92. The number of halogens is 3. The molecule has 0 spiro atoms. The smallest absolute Gasteiger partial charge is 0.263 e. The van der Waals surface area contributed by atoms with Gasteiger partial charge >= 0.3 is 0 Å². The van der Waals surface area contributed by atoms with Crippen LogP contribution in [0.1, 0.15) is 17.3 Å². The highest BCUT2D eigenvalue weighted by Crippen LogP contribution is 2.31. The summed E-state index contributed by atoms with van der Waals surface area (Å²) >= 11 is 12.3. The predicted octanol–water partition coefficient (Wildman–Crippen LogP) is 2.29. The van der Waals surface area contributed by atoms with E-state index in [9.17, 15) is 17.6 Å². The monoisotopic (exact) mass is 460 g/mol. The molecule has 1 amide bonds. The Balaban J connectivity index is 1.91. The lowest BCUT2D eigenvalue weighted by Gasteiger charge is -2.32. The highest BCUT2D eigenvalue weighted by Gasteiger charge is 2.28. The average Bonchev–Trinajstić information content (AvgIpc) is 2.69. The van der Waals surface area contributed by atoms with E-state index in [1.54, 1.807) is 4.90 Å². The Labute approximate surface area is 179 Å². The van der Waals surface area contributed by atoms with E-state index in [4.69, 9.17) is 23.2 Å². The number of hydrogen-bond acceptors (Lipinski definition) is 3. The van der Waals surface area contributed by atoms with E-state index >= 15 is 0 Å². The molecule has 0 saturated carbocycles. The van der Waals surface area contributed by atoms with E-state index in [0.29, 0.717) is 13.1 Å². The third-order valence-corrected chi connectivity index (χ3v) is 7.06. The van der Waals surface area contributed by atoms with Gasteiger partial charge in [0.2, 0.25) is 0 Å². The third kappa shape index (κ3) is 4.83. The molecule has 2 aromatic rings. The maximum atomic E-state index is 13.9. The van der Waals surface area contributed by atoms with Gasteiger partial charge in [-0.2, -0.15) is 0 Å². The molecule has 0 aliphatic carbocycles. The molecule has 3 rings (SSSR count). The molecule has 2 N–H and O–H groups in total. The molecule has 10 heteroatoms. The van der Waals surface area contributed by atoms with E-state index in [0.717, 1.165) is 31.8 Å². The van der Waals surface area contributed by atoms with Crippen molar-refractivity contribution < 1.29 is 22.5 Å². The van der Waals surface area contributed by atoms with Crippen molar-refractivity contribution in [3.05, 3.63) is 57.8 Å². The van der Waals surface area contributed by atoms with Gasteiger partial charge < -0.3 is 9.80 Å². The minimum Gasteiger partial charge on any atom is -0.332 e. The summed E-state index contributed by atoms with van der Waals surface area (Å²) in [5.74, 6) is -1.09. The summed E-state index contributed by atoms with van der Waals surface area (Å²) in [7, 11) is -4.24. The number of quaternary nitrogens is 1. The Morgan fingerprint density at radius 2 is 1.83 bits per heavy atom. The molecule has 0 unspecified atom stereocenters. The van der Waals surface area contributed by atoms with Gasteiger partial charge in [0.15, 0.2) is 0 Å². The number of anilines is 1. The van der Waals surface area contributed by atoms with Crippen LogP contribution in [0.25, 0.3) is 0 Å². The van der Waals surface area contributed by atoms with Crippen molar-refractivity contribution in [2.24, 2.45) is 0 Å². The topological polar surface area (TPSA) is 70.9 Å². The first-order valence-electron chi connectivity index (χ1n) is 9.12. The zero-order valence-electron chi connectivity index (χ0n) is 15.7. The SMILES string of the molecule is CC[NH+]1CCN(C(=O)c2cc(S(=O)(=O)Nc3ccccc3F)c(Cl)cc2Cl)CC1. The molecule has 1 fully saturated rings. The number of carbonyl (C=O) groups excluding carboxylic acids is 1. The molecule has 1 saturated heterocycles. The molecule has 1 heterocycles. The highest BCUT2D eigenvalue weighted by atomic mass is 35.5. The van der Waals surface area contributed by atoms with Crippen LogP contribution in [0.3, 0.4) is 0 Å². The summed E-state index contributed by atoms with van der Waals surface area (Å²) in [5.41, 5.74) is -0.171. The lowest BCUT2D eigenvalue weighted by molar-refractivity contribution is -0.902. The first-order valence-corrected chi connectivity index (χ1v) is 11.4. The zero-order valence-corrected chi connectivity index (χ0v) is 18.0. The van der Waals surface area contributed by atoms with Gasteiger partial charge in [0.25, 0.3) is 15.9 Å². The molecular weight excluding hydrogens is 440 g/mol. The summed E-state index contributed by atoms with van der Waals surface area (Å²) in [5, 5.41) is -0.0919. The van der Waals surface area contributed by atoms with Crippen molar-refractivity contribution in [2.75, 3.05) is 37.4 Å². The molecular formula is C19H21Cl2FN3O3S+. The van der Waals surface area contributed by atoms with Crippen LogP contribution in [-0.4, -0.2) is 51.9 Å². The first kappa shape index (κ1) is 21.8. The number of benzene rings is 2. The quantitative estimate of drug-likeness (QED) is 0.718. The van der Waals surface area contributed by atoms with Gasteiger partial charge in [-0.3, -0.25) is 9.52 Å². The van der Waals surface area contributed by atoms with Gasteiger partial charge in [0, 0.05) is 0 Å². The van der Waals surface area contributed by atoms with E-state index in [1.165, 1.54) is 29.2 Å². The van der Waals surface area contributed by atoms with Gasteiger partial charge in [-0.1, -0.05) is 35.3 Å². The molecule has 0 aromatic heterocycles. The molecule has 0 radical (unpaired) electrons. The predicted molar refractivity (Wildman–Crippen MR) is 111 cm³/mol. The summed E-state index contributed by atoms with van der Waals surface area (Å²) in [4.78, 5) is 15.6. The number of hydrogen-bond donors (Lipinski definition) is 2. The fourth-order valence-corrected chi connectivity index (χ4v) is 5.11. The Kier molecular flexibility index (Phi) is 6.68. The molecule has 156 valence electrons. The number of para-hydroxylation sites is 1. The number of nitrogens with zero attached hydrogens (tertiary/aromatic N) is 1. The molecule has 6 nitrogen and oxygen atoms in total. The number of carbonyl (C=O) groups is 1. The van der Waals surface area contributed by atoms with E-state index in [-0.39, 0.29) is 32.1 Å². The molecule has 0 bridgehead atoms. The first-order chi connectivity index (χ1) is 13.7. The lowest BCUT2D eigenvalue weighted by atomic mass is 10.1. The average molecular weight is 461 g/mol. The van der Waals surface area contributed by atoms with Crippen molar-refractivity contribution in [2.45, 2.75) is 11.8 Å². The van der Waals surface area contributed by atoms with Crippen molar-refractivity contribution >= 4 is 44.8 Å². The third-order valence-electron chi connectivity index (χ3n) is 4.92. The number of nitrogens with one attached hydrogen (secondary N) is 2. The van der Waals surface area contributed by atoms with Gasteiger partial charge in [-0.15, -0.1) is 0 Å². The normalized spacial score (nSPS) is 15.4. The van der Waals surface area contributed by atoms with Gasteiger partial charge in [0.05, 0.1) is 54.0 Å². The largest absolute Gasteiger partial charge is 0.332 e. The summed E-state index contributed by atoms with van der Waals surface area (Å²) < 4.78 is 41.6. The van der Waals surface area contributed by atoms with Gasteiger partial charge in [-0.05, 0) is 31.2 Å². The van der Waals surface area contributed by atoms with Crippen LogP contribution in [0, 0.1) is 5.82 Å². The Morgan fingerprint density at radius 3 is 2.45 bits per heavy atom.